The third-order valence-corrected chi connectivity index (χ3v) is 7.56. The van der Waals surface area contributed by atoms with Crippen molar-refractivity contribution in [3.63, 3.8) is 0 Å². The predicted octanol–water partition coefficient (Wildman–Crippen LogP) is 2.30. The quantitative estimate of drug-likeness (QED) is 0.393. The number of aromatic nitrogens is 5. The van der Waals surface area contributed by atoms with E-state index in [2.05, 4.69) is 41.9 Å². The van der Waals surface area contributed by atoms with Crippen LogP contribution in [0.4, 0.5) is 11.6 Å². The van der Waals surface area contributed by atoms with Crippen LogP contribution in [0.25, 0.3) is 22.4 Å². The maximum absolute atomic E-state index is 9.95. The summed E-state index contributed by atoms with van der Waals surface area (Å²) in [7, 11) is 0. The number of fused-ring (bicyclic) bond motifs is 2. The molecule has 0 saturated carbocycles. The topological polar surface area (TPSA) is 122 Å². The Kier molecular flexibility index (Phi) is 6.00. The molecule has 0 unspecified atom stereocenters. The van der Waals surface area contributed by atoms with E-state index in [1.54, 1.807) is 12.4 Å². The van der Waals surface area contributed by atoms with Gasteiger partial charge in [0.2, 0.25) is 5.95 Å². The van der Waals surface area contributed by atoms with Crippen LogP contribution in [0.1, 0.15) is 0 Å². The molecule has 3 aromatic heterocycles. The molecule has 7 rings (SSSR count). The average molecular weight is 536 g/mol. The molecule has 0 amide bonds. The Hall–Kier alpha value is -3.51. The van der Waals surface area contributed by atoms with Gasteiger partial charge in [0.1, 0.15) is 18.3 Å². The molecule has 4 aromatic rings. The Bertz CT molecular complexity index is 1430. The number of nitrogens with one attached hydrogen (secondary N) is 1. The molecule has 0 bridgehead atoms. The Labute approximate surface area is 223 Å². The molecule has 3 fully saturated rings. The number of H-pyrrole nitrogens is 1. The second-order valence-corrected chi connectivity index (χ2v) is 10.0. The van der Waals surface area contributed by atoms with Crippen molar-refractivity contribution in [1.29, 1.82) is 0 Å². The van der Waals surface area contributed by atoms with E-state index >= 15 is 0 Å². The zero-order valence-corrected chi connectivity index (χ0v) is 21.2. The summed E-state index contributed by atoms with van der Waals surface area (Å²) in [5.74, 6) is 0.775. The fourth-order valence-electron chi connectivity index (χ4n) is 5.29. The van der Waals surface area contributed by atoms with Crippen molar-refractivity contribution in [2.75, 3.05) is 49.2 Å². The van der Waals surface area contributed by atoms with Gasteiger partial charge in [-0.25, -0.2) is 15.0 Å². The van der Waals surface area contributed by atoms with Crippen LogP contribution >= 0.6 is 11.6 Å². The number of anilines is 2. The number of ether oxygens (including phenoxy) is 3. The number of aliphatic hydroxyl groups excluding tert-OH is 1. The van der Waals surface area contributed by atoms with Crippen LogP contribution in [-0.2, 0) is 9.47 Å². The Balaban J connectivity index is 1.05. The number of piperazine rings is 1. The summed E-state index contributed by atoms with van der Waals surface area (Å²) in [4.78, 5) is 25.6. The van der Waals surface area contributed by atoms with E-state index in [-0.39, 0.29) is 24.9 Å². The molecule has 0 spiro atoms. The SMILES string of the molecule is O[C@@H]1CO[C@H]2[C@@H]1OC[C@H]2Oc1nc2nc(-c3ccc(N4CCN(c5ncccn5)CC4)cc3)c(Cl)cc2[nH]1. The second kappa shape index (κ2) is 9.66. The number of benzene rings is 1. The molecule has 1 aromatic carbocycles. The van der Waals surface area contributed by atoms with E-state index in [1.165, 1.54) is 0 Å². The lowest BCUT2D eigenvalue weighted by atomic mass is 10.1. The smallest absolute Gasteiger partial charge is 0.296 e. The van der Waals surface area contributed by atoms with Gasteiger partial charge in [0.25, 0.3) is 6.01 Å². The van der Waals surface area contributed by atoms with Gasteiger partial charge in [-0.05, 0) is 24.3 Å². The molecule has 2 N–H and O–H groups in total. The summed E-state index contributed by atoms with van der Waals surface area (Å²) in [6.45, 7) is 4.06. The molecular weight excluding hydrogens is 510 g/mol. The molecule has 3 saturated heterocycles. The lowest BCUT2D eigenvalue weighted by molar-refractivity contribution is 0.00706. The van der Waals surface area contributed by atoms with Crippen LogP contribution in [0.15, 0.2) is 48.8 Å². The van der Waals surface area contributed by atoms with Crippen LogP contribution < -0.4 is 14.5 Å². The van der Waals surface area contributed by atoms with Crippen LogP contribution in [0.5, 0.6) is 6.01 Å². The van der Waals surface area contributed by atoms with E-state index in [9.17, 15) is 5.11 Å². The Morgan fingerprint density at radius 3 is 2.47 bits per heavy atom. The third kappa shape index (κ3) is 4.31. The maximum Gasteiger partial charge on any atom is 0.296 e. The van der Waals surface area contributed by atoms with Gasteiger partial charge in [-0.15, -0.1) is 0 Å². The van der Waals surface area contributed by atoms with Gasteiger partial charge in [-0.2, -0.15) is 4.98 Å². The normalized spacial score (nSPS) is 25.2. The van der Waals surface area contributed by atoms with Gasteiger partial charge in [-0.1, -0.05) is 23.7 Å². The summed E-state index contributed by atoms with van der Waals surface area (Å²) >= 11 is 6.62. The largest absolute Gasteiger partial charge is 0.456 e. The van der Waals surface area contributed by atoms with Crippen molar-refractivity contribution >= 4 is 34.4 Å². The molecule has 12 heteroatoms. The van der Waals surface area contributed by atoms with Crippen molar-refractivity contribution < 1.29 is 19.3 Å². The van der Waals surface area contributed by atoms with Gasteiger partial charge in [0, 0.05) is 49.8 Å². The number of hydrogen-bond donors (Lipinski definition) is 2. The molecule has 4 atom stereocenters. The van der Waals surface area contributed by atoms with Gasteiger partial charge >= 0.3 is 0 Å². The molecule has 0 radical (unpaired) electrons. The first kappa shape index (κ1) is 23.6. The number of halogens is 1. The van der Waals surface area contributed by atoms with Gasteiger partial charge in [0.15, 0.2) is 11.8 Å². The van der Waals surface area contributed by atoms with Crippen molar-refractivity contribution in [3.05, 3.63) is 53.8 Å². The average Bonchev–Trinajstić information content (AvgIpc) is 3.65. The summed E-state index contributed by atoms with van der Waals surface area (Å²) in [5.41, 5.74) is 3.88. The minimum Gasteiger partial charge on any atom is -0.456 e. The molecular formula is C26H26ClN7O4. The number of imidazole rings is 1. The van der Waals surface area contributed by atoms with E-state index in [0.29, 0.717) is 34.5 Å². The van der Waals surface area contributed by atoms with Crippen LogP contribution in [-0.4, -0.2) is 93.8 Å². The molecule has 3 aliphatic rings. The van der Waals surface area contributed by atoms with Gasteiger partial charge in [-0.3, -0.25) is 0 Å². The summed E-state index contributed by atoms with van der Waals surface area (Å²) in [6, 6.07) is 12.2. The Morgan fingerprint density at radius 1 is 0.947 bits per heavy atom. The number of aliphatic hydroxyl groups is 1. The first-order valence-corrected chi connectivity index (χ1v) is 13.0. The molecule has 6 heterocycles. The van der Waals surface area contributed by atoms with E-state index < -0.39 is 6.10 Å². The molecule has 196 valence electrons. The lowest BCUT2D eigenvalue weighted by Crippen LogP contribution is -2.47. The highest BCUT2D eigenvalue weighted by atomic mass is 35.5. The van der Waals surface area contributed by atoms with E-state index in [0.717, 1.165) is 43.4 Å². The summed E-state index contributed by atoms with van der Waals surface area (Å²) in [6.07, 6.45) is 1.87. The maximum atomic E-state index is 9.95. The number of nitrogens with zero attached hydrogens (tertiary/aromatic N) is 6. The lowest BCUT2D eigenvalue weighted by Gasteiger charge is -2.36. The third-order valence-electron chi connectivity index (χ3n) is 7.27. The fourth-order valence-corrected chi connectivity index (χ4v) is 5.55. The Morgan fingerprint density at radius 2 is 1.68 bits per heavy atom. The van der Waals surface area contributed by atoms with Crippen molar-refractivity contribution in [1.82, 2.24) is 24.9 Å². The van der Waals surface area contributed by atoms with Crippen molar-refractivity contribution in [3.8, 4) is 17.3 Å². The minimum atomic E-state index is -0.632. The zero-order chi connectivity index (χ0) is 25.6. The van der Waals surface area contributed by atoms with E-state index in [4.69, 9.17) is 30.8 Å². The first-order chi connectivity index (χ1) is 18.6. The molecule has 0 aliphatic carbocycles. The van der Waals surface area contributed by atoms with E-state index in [1.807, 2.05) is 24.3 Å². The predicted molar refractivity (Wildman–Crippen MR) is 141 cm³/mol. The van der Waals surface area contributed by atoms with Crippen LogP contribution in [0.2, 0.25) is 5.02 Å². The number of pyridine rings is 1. The van der Waals surface area contributed by atoms with Crippen LogP contribution in [0, 0.1) is 0 Å². The number of aromatic amines is 1. The van der Waals surface area contributed by atoms with Gasteiger partial charge in [0.05, 0.1) is 29.4 Å². The number of hydrogen-bond acceptors (Lipinski definition) is 10. The highest BCUT2D eigenvalue weighted by Gasteiger charge is 2.48. The highest BCUT2D eigenvalue weighted by molar-refractivity contribution is 6.33. The number of rotatable bonds is 5. The van der Waals surface area contributed by atoms with Crippen molar-refractivity contribution in [2.24, 2.45) is 0 Å². The monoisotopic (exact) mass is 535 g/mol. The standard InChI is InChI=1S/C26H26ClN7O4/c27-17-12-18-24(32-26(30-18)38-20-14-37-22-19(35)13-36-23(20)22)31-21(17)15-2-4-16(5-3-15)33-8-10-34(11-9-33)25-28-6-1-7-29-25/h1-7,12,19-20,22-23,35H,8-11,13-14H2,(H,30,31,32)/t19-,20-,22-,23-/m1/s1. The molecule has 38 heavy (non-hydrogen) atoms. The molecule has 11 nitrogen and oxygen atoms in total. The van der Waals surface area contributed by atoms with Gasteiger partial charge < -0.3 is 34.1 Å². The highest BCUT2D eigenvalue weighted by Crippen LogP contribution is 2.33. The summed E-state index contributed by atoms with van der Waals surface area (Å²) in [5, 5.41) is 10.5. The summed E-state index contributed by atoms with van der Waals surface area (Å²) < 4.78 is 17.3. The minimum absolute atomic E-state index is 0.244. The van der Waals surface area contributed by atoms with Crippen molar-refractivity contribution in [2.45, 2.75) is 24.4 Å². The zero-order valence-electron chi connectivity index (χ0n) is 20.4. The second-order valence-electron chi connectivity index (χ2n) is 9.62. The molecule has 3 aliphatic heterocycles. The van der Waals surface area contributed by atoms with Crippen LogP contribution in [0.3, 0.4) is 0 Å². The first-order valence-electron chi connectivity index (χ1n) is 12.6. The fraction of sp³-hybridized carbons (Fsp3) is 0.385.